The molecule has 130 valence electrons. The number of aliphatic hydroxyl groups is 1. The summed E-state index contributed by atoms with van der Waals surface area (Å²) in [6.45, 7) is 0.514. The van der Waals surface area contributed by atoms with E-state index in [4.69, 9.17) is 4.74 Å². The van der Waals surface area contributed by atoms with E-state index in [0.29, 0.717) is 18.9 Å². The quantitative estimate of drug-likeness (QED) is 0.882. The van der Waals surface area contributed by atoms with Gasteiger partial charge in [-0.15, -0.1) is 0 Å². The number of nitrogens with zero attached hydrogens (tertiary/aromatic N) is 1. The first-order valence-corrected chi connectivity index (χ1v) is 8.96. The average molecular weight is 337 g/mol. The van der Waals surface area contributed by atoms with Crippen molar-refractivity contribution in [3.8, 4) is 5.75 Å². The number of para-hydroxylation sites is 1. The lowest BCUT2D eigenvalue weighted by atomic mass is 10.1. The second kappa shape index (κ2) is 6.89. The van der Waals surface area contributed by atoms with Crippen molar-refractivity contribution in [2.24, 2.45) is 5.92 Å². The van der Waals surface area contributed by atoms with Gasteiger partial charge in [0, 0.05) is 13.0 Å². The molecule has 0 aromatic heterocycles. The smallest absolute Gasteiger partial charge is 0.264 e. The van der Waals surface area contributed by atoms with Crippen LogP contribution in [-0.4, -0.2) is 34.7 Å². The van der Waals surface area contributed by atoms with Gasteiger partial charge in [0.1, 0.15) is 5.75 Å². The van der Waals surface area contributed by atoms with E-state index >= 15 is 0 Å². The van der Waals surface area contributed by atoms with Crippen LogP contribution in [0.1, 0.15) is 24.0 Å². The highest BCUT2D eigenvalue weighted by molar-refractivity contribution is 5.83. The molecule has 1 saturated carbocycles. The fraction of sp³-hybridized carbons (Fsp3) is 0.381. The third kappa shape index (κ3) is 3.40. The first-order chi connectivity index (χ1) is 12.3. The maximum atomic E-state index is 13.2. The normalized spacial score (nSPS) is 19.8. The third-order valence-electron chi connectivity index (χ3n) is 5.15. The van der Waals surface area contributed by atoms with Gasteiger partial charge >= 0.3 is 0 Å². The highest BCUT2D eigenvalue weighted by Crippen LogP contribution is 2.37. The first-order valence-electron chi connectivity index (χ1n) is 8.96. The van der Waals surface area contributed by atoms with E-state index in [1.54, 1.807) is 0 Å². The van der Waals surface area contributed by atoms with E-state index in [9.17, 15) is 9.90 Å². The molecule has 2 aliphatic rings. The Kier molecular flexibility index (Phi) is 4.45. The van der Waals surface area contributed by atoms with Gasteiger partial charge in [-0.25, -0.2) is 0 Å². The molecule has 0 spiro atoms. The SMILES string of the molecule is O=C(C1Cc2ccccc2O1)N(Cc1ccccc1)C(CO)C1CC1. The topological polar surface area (TPSA) is 49.8 Å². The number of aliphatic hydroxyl groups excluding tert-OH is 1. The number of benzene rings is 2. The fourth-order valence-electron chi connectivity index (χ4n) is 3.63. The maximum Gasteiger partial charge on any atom is 0.264 e. The molecule has 0 radical (unpaired) electrons. The molecule has 1 aliphatic carbocycles. The van der Waals surface area contributed by atoms with Crippen LogP contribution in [0.5, 0.6) is 5.75 Å². The maximum absolute atomic E-state index is 13.2. The molecule has 0 bridgehead atoms. The van der Waals surface area contributed by atoms with Crippen molar-refractivity contribution in [3.63, 3.8) is 0 Å². The molecular weight excluding hydrogens is 314 g/mol. The van der Waals surface area contributed by atoms with Gasteiger partial charge in [0.2, 0.25) is 0 Å². The lowest BCUT2D eigenvalue weighted by Gasteiger charge is -2.32. The zero-order valence-electron chi connectivity index (χ0n) is 14.2. The van der Waals surface area contributed by atoms with Crippen molar-refractivity contribution in [2.45, 2.75) is 38.0 Å². The average Bonchev–Trinajstić information content (AvgIpc) is 3.39. The van der Waals surface area contributed by atoms with Crippen LogP contribution < -0.4 is 4.74 Å². The summed E-state index contributed by atoms with van der Waals surface area (Å²) in [5, 5.41) is 9.92. The summed E-state index contributed by atoms with van der Waals surface area (Å²) in [5.74, 6) is 1.18. The van der Waals surface area contributed by atoms with Crippen molar-refractivity contribution >= 4 is 5.91 Å². The van der Waals surface area contributed by atoms with Crippen molar-refractivity contribution in [1.82, 2.24) is 4.90 Å². The minimum Gasteiger partial charge on any atom is -0.480 e. The molecule has 4 rings (SSSR count). The molecular formula is C21H23NO3. The molecule has 1 fully saturated rings. The Morgan fingerprint density at radius 2 is 1.84 bits per heavy atom. The molecule has 4 nitrogen and oxygen atoms in total. The molecule has 1 aliphatic heterocycles. The van der Waals surface area contributed by atoms with Gasteiger partial charge in [-0.2, -0.15) is 0 Å². The van der Waals surface area contributed by atoms with Gasteiger partial charge in [0.05, 0.1) is 12.6 Å². The first kappa shape index (κ1) is 16.2. The number of amides is 1. The van der Waals surface area contributed by atoms with E-state index in [1.165, 1.54) is 0 Å². The molecule has 4 heteroatoms. The number of hydrogen-bond donors (Lipinski definition) is 1. The van der Waals surface area contributed by atoms with E-state index < -0.39 is 6.10 Å². The third-order valence-corrected chi connectivity index (χ3v) is 5.15. The van der Waals surface area contributed by atoms with Crippen LogP contribution in [-0.2, 0) is 17.8 Å². The Morgan fingerprint density at radius 3 is 2.52 bits per heavy atom. The van der Waals surface area contributed by atoms with E-state index in [1.807, 2.05) is 59.5 Å². The predicted octanol–water partition coefficient (Wildman–Crippen LogP) is 2.79. The van der Waals surface area contributed by atoms with Crippen LogP contribution >= 0.6 is 0 Å². The predicted molar refractivity (Wildman–Crippen MR) is 95.2 cm³/mol. The summed E-state index contributed by atoms with van der Waals surface area (Å²) in [6, 6.07) is 17.7. The molecule has 2 aromatic rings. The van der Waals surface area contributed by atoms with Gasteiger partial charge in [0.25, 0.3) is 5.91 Å². The number of fused-ring (bicyclic) bond motifs is 1. The number of hydrogen-bond acceptors (Lipinski definition) is 3. The highest BCUT2D eigenvalue weighted by atomic mass is 16.5. The van der Waals surface area contributed by atoms with Crippen LogP contribution in [0, 0.1) is 5.92 Å². The van der Waals surface area contributed by atoms with Gasteiger partial charge in [-0.3, -0.25) is 4.79 Å². The number of ether oxygens (including phenoxy) is 1. The lowest BCUT2D eigenvalue weighted by molar-refractivity contribution is -0.142. The molecule has 0 saturated heterocycles. The minimum atomic E-state index is -0.492. The Labute approximate surface area is 148 Å². The molecule has 1 N–H and O–H groups in total. The summed E-state index contributed by atoms with van der Waals surface area (Å²) in [6.07, 6.45) is 2.27. The van der Waals surface area contributed by atoms with Crippen LogP contribution in [0.3, 0.4) is 0 Å². The standard InChI is InChI=1S/C21H23NO3/c23-14-18(16-10-11-16)22(13-15-6-2-1-3-7-15)21(24)20-12-17-8-4-5-9-19(17)25-20/h1-9,16,18,20,23H,10-14H2. The van der Waals surface area contributed by atoms with Gasteiger partial charge < -0.3 is 14.7 Å². The Balaban J connectivity index is 1.56. The largest absolute Gasteiger partial charge is 0.480 e. The Morgan fingerprint density at radius 1 is 1.12 bits per heavy atom. The van der Waals surface area contributed by atoms with Crippen molar-refractivity contribution in [2.75, 3.05) is 6.61 Å². The zero-order valence-corrected chi connectivity index (χ0v) is 14.2. The van der Waals surface area contributed by atoms with Crippen molar-refractivity contribution in [1.29, 1.82) is 0 Å². The summed E-state index contributed by atoms with van der Waals surface area (Å²) in [4.78, 5) is 15.1. The van der Waals surface area contributed by atoms with Crippen molar-refractivity contribution < 1.29 is 14.6 Å². The Hall–Kier alpha value is -2.33. The minimum absolute atomic E-state index is 0.00289. The second-order valence-electron chi connectivity index (χ2n) is 6.96. The van der Waals surface area contributed by atoms with Gasteiger partial charge in [-0.05, 0) is 36.0 Å². The van der Waals surface area contributed by atoms with E-state index in [-0.39, 0.29) is 18.6 Å². The molecule has 25 heavy (non-hydrogen) atoms. The zero-order chi connectivity index (χ0) is 17.2. The number of rotatable bonds is 6. The van der Waals surface area contributed by atoms with Crippen LogP contribution in [0.4, 0.5) is 0 Å². The summed E-state index contributed by atoms with van der Waals surface area (Å²) in [7, 11) is 0. The molecule has 2 atom stereocenters. The number of carbonyl (C=O) groups is 1. The van der Waals surface area contributed by atoms with Crippen molar-refractivity contribution in [3.05, 3.63) is 65.7 Å². The van der Waals surface area contributed by atoms with Gasteiger partial charge in [0.15, 0.2) is 6.10 Å². The van der Waals surface area contributed by atoms with Gasteiger partial charge in [-0.1, -0.05) is 48.5 Å². The summed E-state index contributed by atoms with van der Waals surface area (Å²) >= 11 is 0. The molecule has 2 aromatic carbocycles. The molecule has 2 unspecified atom stereocenters. The van der Waals surface area contributed by atoms with Crippen LogP contribution in [0.2, 0.25) is 0 Å². The lowest BCUT2D eigenvalue weighted by Crippen LogP contribution is -2.49. The monoisotopic (exact) mass is 337 g/mol. The van der Waals surface area contributed by atoms with Crippen LogP contribution in [0.25, 0.3) is 0 Å². The summed E-state index contributed by atoms with van der Waals surface area (Å²) in [5.41, 5.74) is 2.15. The molecule has 1 amide bonds. The number of carbonyl (C=O) groups excluding carboxylic acids is 1. The van der Waals surface area contributed by atoms with E-state index in [2.05, 4.69) is 0 Å². The Bertz CT molecular complexity index is 717. The highest BCUT2D eigenvalue weighted by Gasteiger charge is 2.41. The fourth-order valence-corrected chi connectivity index (χ4v) is 3.63. The van der Waals surface area contributed by atoms with Crippen LogP contribution in [0.15, 0.2) is 54.6 Å². The second-order valence-corrected chi connectivity index (χ2v) is 6.96. The summed E-state index contributed by atoms with van der Waals surface area (Å²) < 4.78 is 5.91. The van der Waals surface area contributed by atoms with E-state index in [0.717, 1.165) is 29.7 Å². The molecule has 1 heterocycles.